The maximum Gasteiger partial charge on any atom is 0.267 e. The van der Waals surface area contributed by atoms with Crippen molar-refractivity contribution in [2.24, 2.45) is 0 Å². The topological polar surface area (TPSA) is 69.7 Å². The van der Waals surface area contributed by atoms with Crippen molar-refractivity contribution >= 4 is 33.0 Å². The molecule has 0 aliphatic carbocycles. The first-order valence-electron chi connectivity index (χ1n) is 8.50. The molecule has 0 spiro atoms. The highest BCUT2D eigenvalue weighted by Crippen LogP contribution is 2.28. The van der Waals surface area contributed by atoms with Crippen LogP contribution < -0.4 is 5.32 Å². The Morgan fingerprint density at radius 3 is 2.65 bits per heavy atom. The van der Waals surface area contributed by atoms with Gasteiger partial charge in [-0.25, -0.2) is 8.42 Å². The zero-order valence-corrected chi connectivity index (χ0v) is 16.6. The van der Waals surface area contributed by atoms with Gasteiger partial charge in [-0.1, -0.05) is 12.1 Å². The summed E-state index contributed by atoms with van der Waals surface area (Å²) in [6, 6.07) is 9.10. The van der Waals surface area contributed by atoms with E-state index in [1.807, 2.05) is 37.2 Å². The average molecular weight is 394 g/mol. The van der Waals surface area contributed by atoms with Gasteiger partial charge < -0.3 is 10.2 Å². The van der Waals surface area contributed by atoms with Gasteiger partial charge in [-0.05, 0) is 56.1 Å². The SMILES string of the molecule is CN(C)Cc1cccc(NC(=O)c2sccc2S(=O)(=O)N2CCCC2)c1. The molecule has 2 aromatic rings. The van der Waals surface area contributed by atoms with Crippen molar-refractivity contribution < 1.29 is 13.2 Å². The minimum atomic E-state index is -3.61. The lowest BCUT2D eigenvalue weighted by molar-refractivity contribution is 0.102. The highest BCUT2D eigenvalue weighted by Gasteiger charge is 2.31. The molecule has 1 aromatic carbocycles. The van der Waals surface area contributed by atoms with Gasteiger partial charge in [0, 0.05) is 25.3 Å². The molecule has 0 radical (unpaired) electrons. The Bertz CT molecular complexity index is 885. The number of amides is 1. The highest BCUT2D eigenvalue weighted by atomic mass is 32.2. The van der Waals surface area contributed by atoms with E-state index in [0.717, 1.165) is 36.3 Å². The van der Waals surface area contributed by atoms with Crippen LogP contribution in [0.2, 0.25) is 0 Å². The van der Waals surface area contributed by atoms with E-state index >= 15 is 0 Å². The first-order valence-corrected chi connectivity index (χ1v) is 10.8. The molecule has 26 heavy (non-hydrogen) atoms. The van der Waals surface area contributed by atoms with E-state index in [4.69, 9.17) is 0 Å². The van der Waals surface area contributed by atoms with Crippen LogP contribution in [-0.2, 0) is 16.6 Å². The van der Waals surface area contributed by atoms with Crippen molar-refractivity contribution in [3.8, 4) is 0 Å². The number of benzene rings is 1. The Morgan fingerprint density at radius 2 is 1.96 bits per heavy atom. The Labute approximate surface area is 158 Å². The lowest BCUT2D eigenvalue weighted by atomic mass is 10.2. The Hall–Kier alpha value is -1.74. The summed E-state index contributed by atoms with van der Waals surface area (Å²) in [5, 5.41) is 4.48. The first kappa shape index (κ1) is 19.0. The summed E-state index contributed by atoms with van der Waals surface area (Å²) in [5.41, 5.74) is 1.73. The van der Waals surface area contributed by atoms with Crippen molar-refractivity contribution in [1.29, 1.82) is 0 Å². The van der Waals surface area contributed by atoms with Crippen molar-refractivity contribution in [3.05, 3.63) is 46.2 Å². The zero-order valence-electron chi connectivity index (χ0n) is 14.9. The number of sulfonamides is 1. The summed E-state index contributed by atoms with van der Waals surface area (Å²) in [4.78, 5) is 15.1. The van der Waals surface area contributed by atoms with Crippen LogP contribution in [0.15, 0.2) is 40.6 Å². The Balaban J connectivity index is 1.81. The molecule has 0 bridgehead atoms. The number of carbonyl (C=O) groups excluding carboxylic acids is 1. The number of nitrogens with one attached hydrogen (secondary N) is 1. The van der Waals surface area contributed by atoms with Crippen molar-refractivity contribution in [1.82, 2.24) is 9.21 Å². The molecule has 3 rings (SSSR count). The monoisotopic (exact) mass is 393 g/mol. The summed E-state index contributed by atoms with van der Waals surface area (Å²) >= 11 is 1.15. The third kappa shape index (κ3) is 4.15. The second kappa shape index (κ2) is 7.87. The van der Waals surface area contributed by atoms with Crippen molar-refractivity contribution in [2.45, 2.75) is 24.3 Å². The van der Waals surface area contributed by atoms with Gasteiger partial charge in [0.15, 0.2) is 0 Å². The smallest absolute Gasteiger partial charge is 0.267 e. The van der Waals surface area contributed by atoms with Crippen LogP contribution in [0.5, 0.6) is 0 Å². The molecule has 140 valence electrons. The van der Waals surface area contributed by atoms with Crippen LogP contribution >= 0.6 is 11.3 Å². The summed E-state index contributed by atoms with van der Waals surface area (Å²) in [7, 11) is 0.346. The minimum Gasteiger partial charge on any atom is -0.321 e. The van der Waals surface area contributed by atoms with E-state index in [9.17, 15) is 13.2 Å². The number of hydrogen-bond donors (Lipinski definition) is 1. The number of rotatable bonds is 6. The number of thiophene rings is 1. The Morgan fingerprint density at radius 1 is 1.23 bits per heavy atom. The minimum absolute atomic E-state index is 0.103. The standard InChI is InChI=1S/C18H23N3O3S2/c1-20(2)13-14-6-5-7-15(12-14)19-18(22)17-16(8-11-25-17)26(23,24)21-9-3-4-10-21/h5-8,11-12H,3-4,9-10,13H2,1-2H3,(H,19,22). The van der Waals surface area contributed by atoms with Crippen LogP contribution in [0.25, 0.3) is 0 Å². The first-order chi connectivity index (χ1) is 12.4. The molecule has 1 aromatic heterocycles. The number of hydrogen-bond acceptors (Lipinski definition) is 5. The number of anilines is 1. The van der Waals surface area contributed by atoms with E-state index < -0.39 is 10.0 Å². The molecular formula is C18H23N3O3S2. The summed E-state index contributed by atoms with van der Waals surface area (Å²) in [5.74, 6) is -0.389. The summed E-state index contributed by atoms with van der Waals surface area (Å²) in [6.45, 7) is 1.80. The lowest BCUT2D eigenvalue weighted by Gasteiger charge is -2.16. The summed E-state index contributed by atoms with van der Waals surface area (Å²) < 4.78 is 27.1. The Kier molecular flexibility index (Phi) is 5.76. The lowest BCUT2D eigenvalue weighted by Crippen LogP contribution is -2.29. The van der Waals surface area contributed by atoms with Gasteiger partial charge in [0.1, 0.15) is 9.77 Å². The number of carbonyl (C=O) groups is 1. The van der Waals surface area contributed by atoms with Gasteiger partial charge in [-0.2, -0.15) is 4.31 Å². The molecule has 0 atom stereocenters. The molecule has 1 aliphatic rings. The molecule has 0 unspecified atom stereocenters. The van der Waals surface area contributed by atoms with Gasteiger partial charge >= 0.3 is 0 Å². The van der Waals surface area contributed by atoms with E-state index in [1.165, 1.54) is 10.4 Å². The average Bonchev–Trinajstić information content (AvgIpc) is 3.27. The molecule has 1 saturated heterocycles. The van der Waals surface area contributed by atoms with Gasteiger partial charge in [0.25, 0.3) is 5.91 Å². The van der Waals surface area contributed by atoms with E-state index in [-0.39, 0.29) is 15.7 Å². The largest absolute Gasteiger partial charge is 0.321 e. The third-order valence-corrected chi connectivity index (χ3v) is 7.19. The van der Waals surface area contributed by atoms with Crippen LogP contribution in [-0.4, -0.2) is 50.7 Å². The fourth-order valence-corrected chi connectivity index (χ4v) is 5.85. The molecule has 8 heteroatoms. The van der Waals surface area contributed by atoms with Gasteiger partial charge in [0.2, 0.25) is 10.0 Å². The normalized spacial score (nSPS) is 15.5. The molecule has 2 heterocycles. The second-order valence-electron chi connectivity index (χ2n) is 6.62. The predicted octanol–water partition coefficient (Wildman–Crippen LogP) is 2.85. The van der Waals surface area contributed by atoms with Crippen LogP contribution in [0.3, 0.4) is 0 Å². The maximum absolute atomic E-state index is 12.8. The molecule has 1 N–H and O–H groups in total. The predicted molar refractivity (Wildman–Crippen MR) is 104 cm³/mol. The van der Waals surface area contributed by atoms with Gasteiger partial charge in [-0.15, -0.1) is 11.3 Å². The molecule has 6 nitrogen and oxygen atoms in total. The zero-order chi connectivity index (χ0) is 18.7. The fraction of sp³-hybridized carbons (Fsp3) is 0.389. The van der Waals surface area contributed by atoms with E-state index in [2.05, 4.69) is 5.32 Å². The van der Waals surface area contributed by atoms with Gasteiger partial charge in [0.05, 0.1) is 0 Å². The summed E-state index contributed by atoms with van der Waals surface area (Å²) in [6.07, 6.45) is 1.73. The van der Waals surface area contributed by atoms with Crippen molar-refractivity contribution in [3.63, 3.8) is 0 Å². The molecule has 1 amide bonds. The maximum atomic E-state index is 12.8. The molecular weight excluding hydrogens is 370 g/mol. The molecule has 1 fully saturated rings. The highest BCUT2D eigenvalue weighted by molar-refractivity contribution is 7.89. The van der Waals surface area contributed by atoms with Crippen LogP contribution in [0.1, 0.15) is 28.1 Å². The van der Waals surface area contributed by atoms with Gasteiger partial charge in [-0.3, -0.25) is 4.79 Å². The third-order valence-electron chi connectivity index (χ3n) is 4.20. The molecule has 1 aliphatic heterocycles. The number of nitrogens with zero attached hydrogens (tertiary/aromatic N) is 2. The van der Waals surface area contributed by atoms with E-state index in [0.29, 0.717) is 18.8 Å². The fourth-order valence-electron chi connectivity index (χ4n) is 3.03. The van der Waals surface area contributed by atoms with Crippen LogP contribution in [0.4, 0.5) is 5.69 Å². The molecule has 0 saturated carbocycles. The van der Waals surface area contributed by atoms with E-state index in [1.54, 1.807) is 11.4 Å². The second-order valence-corrected chi connectivity index (χ2v) is 9.44. The van der Waals surface area contributed by atoms with Crippen molar-refractivity contribution in [2.75, 3.05) is 32.5 Å². The van der Waals surface area contributed by atoms with Crippen LogP contribution in [0, 0.1) is 0 Å². The quantitative estimate of drug-likeness (QED) is 0.819.